The monoisotopic (exact) mass is 371 g/mol. The fourth-order valence-corrected chi connectivity index (χ4v) is 2.92. The third kappa shape index (κ3) is 6.68. The summed E-state index contributed by atoms with van der Waals surface area (Å²) in [5, 5.41) is 2.77. The number of aldehydes is 1. The lowest BCUT2D eigenvalue weighted by Gasteiger charge is -2.39. The van der Waals surface area contributed by atoms with Crippen LogP contribution in [0, 0.1) is 11.8 Å². The molecular weight excluding hydrogens is 334 g/mol. The highest BCUT2D eigenvalue weighted by Crippen LogP contribution is 2.22. The van der Waals surface area contributed by atoms with Crippen molar-refractivity contribution in [2.24, 2.45) is 17.6 Å². The van der Waals surface area contributed by atoms with Crippen LogP contribution < -0.4 is 11.1 Å². The Bertz CT molecular complexity index is 474. The zero-order chi connectivity index (χ0) is 20.7. The first-order chi connectivity index (χ1) is 11.9. The molecule has 0 rings (SSSR count). The van der Waals surface area contributed by atoms with Crippen LogP contribution >= 0.6 is 0 Å². The van der Waals surface area contributed by atoms with E-state index in [4.69, 9.17) is 10.5 Å². The van der Waals surface area contributed by atoms with E-state index in [1.54, 1.807) is 32.9 Å². The number of nitrogens with two attached hydrogens (primary N) is 1. The predicted octanol–water partition coefficient (Wildman–Crippen LogP) is 1.34. The van der Waals surface area contributed by atoms with E-state index in [0.29, 0.717) is 0 Å². The van der Waals surface area contributed by atoms with E-state index >= 15 is 0 Å². The molecule has 0 aromatic rings. The number of hydrogen-bond donors (Lipinski definition) is 2. The van der Waals surface area contributed by atoms with Gasteiger partial charge in [-0.1, -0.05) is 34.1 Å². The minimum Gasteiger partial charge on any atom is -0.379 e. The molecule has 26 heavy (non-hydrogen) atoms. The quantitative estimate of drug-likeness (QED) is 0.534. The van der Waals surface area contributed by atoms with Gasteiger partial charge in [-0.05, 0) is 25.7 Å². The van der Waals surface area contributed by atoms with Crippen LogP contribution in [0.1, 0.15) is 54.4 Å². The number of rotatable bonds is 11. The number of carbonyl (C=O) groups excluding carboxylic acids is 3. The summed E-state index contributed by atoms with van der Waals surface area (Å²) >= 11 is 0. The lowest BCUT2D eigenvalue weighted by molar-refractivity contribution is -0.143. The molecule has 0 saturated carbocycles. The van der Waals surface area contributed by atoms with E-state index in [0.717, 1.165) is 12.7 Å². The molecule has 0 aliphatic heterocycles. The molecule has 2 amide bonds. The second kappa shape index (κ2) is 10.6. The molecule has 7 nitrogen and oxygen atoms in total. The third-order valence-electron chi connectivity index (χ3n) is 4.84. The molecule has 0 aromatic carbocycles. The highest BCUT2D eigenvalue weighted by molar-refractivity contribution is 5.91. The molecule has 0 aliphatic rings. The van der Waals surface area contributed by atoms with Crippen LogP contribution in [0.4, 0.5) is 0 Å². The largest absolute Gasteiger partial charge is 0.379 e. The van der Waals surface area contributed by atoms with Crippen molar-refractivity contribution in [3.8, 4) is 0 Å². The zero-order valence-electron chi connectivity index (χ0n) is 17.5. The molecule has 0 aliphatic carbocycles. The molecule has 152 valence electrons. The van der Waals surface area contributed by atoms with Gasteiger partial charge in [0.15, 0.2) is 0 Å². The van der Waals surface area contributed by atoms with Crippen molar-refractivity contribution in [1.82, 2.24) is 10.2 Å². The summed E-state index contributed by atoms with van der Waals surface area (Å²) in [6.07, 6.45) is 1.44. The van der Waals surface area contributed by atoms with Crippen molar-refractivity contribution in [3.05, 3.63) is 0 Å². The first-order valence-electron chi connectivity index (χ1n) is 9.25. The van der Waals surface area contributed by atoms with E-state index in [1.165, 1.54) is 0 Å². The van der Waals surface area contributed by atoms with E-state index in [1.807, 2.05) is 27.7 Å². The third-order valence-corrected chi connectivity index (χ3v) is 4.84. The topological polar surface area (TPSA) is 102 Å². The summed E-state index contributed by atoms with van der Waals surface area (Å²) in [7, 11) is 3.24. The van der Waals surface area contributed by atoms with Crippen molar-refractivity contribution in [1.29, 1.82) is 0 Å². The number of likely N-dealkylation sites (N-methyl/N-ethyl adjacent to an activating group) is 1. The zero-order valence-corrected chi connectivity index (χ0v) is 17.5. The Kier molecular flexibility index (Phi) is 10.0. The number of carbonyl (C=O) groups is 3. The van der Waals surface area contributed by atoms with Crippen LogP contribution in [0.2, 0.25) is 0 Å². The van der Waals surface area contributed by atoms with Gasteiger partial charge in [-0.3, -0.25) is 9.59 Å². The van der Waals surface area contributed by atoms with Gasteiger partial charge >= 0.3 is 0 Å². The van der Waals surface area contributed by atoms with E-state index in [9.17, 15) is 14.4 Å². The molecule has 0 radical (unpaired) electrons. The average molecular weight is 372 g/mol. The maximum atomic E-state index is 13.2. The Morgan fingerprint density at radius 2 is 1.81 bits per heavy atom. The maximum Gasteiger partial charge on any atom is 0.245 e. The molecule has 4 unspecified atom stereocenters. The minimum atomic E-state index is -1.07. The van der Waals surface area contributed by atoms with Gasteiger partial charge in [0, 0.05) is 20.6 Å². The van der Waals surface area contributed by atoms with Crippen LogP contribution in [-0.4, -0.2) is 60.9 Å². The molecule has 7 heteroatoms. The van der Waals surface area contributed by atoms with Crippen molar-refractivity contribution in [2.75, 3.05) is 14.2 Å². The molecule has 4 atom stereocenters. The van der Waals surface area contributed by atoms with Crippen molar-refractivity contribution >= 4 is 18.1 Å². The van der Waals surface area contributed by atoms with Crippen LogP contribution in [-0.2, 0) is 19.1 Å². The fraction of sp³-hybridized carbons (Fsp3) is 0.842. The van der Waals surface area contributed by atoms with Gasteiger partial charge < -0.3 is 25.5 Å². The van der Waals surface area contributed by atoms with E-state index in [-0.39, 0.29) is 36.1 Å². The molecule has 0 heterocycles. The fourth-order valence-electron chi connectivity index (χ4n) is 2.92. The summed E-state index contributed by atoms with van der Waals surface area (Å²) in [6, 6.07) is -0.970. The first kappa shape index (κ1) is 24.5. The van der Waals surface area contributed by atoms with Crippen LogP contribution in [0.25, 0.3) is 0 Å². The average Bonchev–Trinajstić information content (AvgIpc) is 2.56. The van der Waals surface area contributed by atoms with Gasteiger partial charge in [0.05, 0.1) is 17.7 Å². The van der Waals surface area contributed by atoms with E-state index in [2.05, 4.69) is 5.32 Å². The van der Waals surface area contributed by atoms with Crippen molar-refractivity contribution in [2.45, 2.75) is 78.1 Å². The maximum absolute atomic E-state index is 13.2. The molecule has 0 spiro atoms. The molecule has 3 N–H and O–H groups in total. The molecule has 0 bridgehead atoms. The first-order valence-corrected chi connectivity index (χ1v) is 9.25. The van der Waals surface area contributed by atoms with Crippen LogP contribution in [0.5, 0.6) is 0 Å². The second-order valence-corrected chi connectivity index (χ2v) is 7.92. The SMILES string of the molecule is CCC(C)C(C(CC=O)OC)N(C)C(=O)C(NC(=O)C(C)(C)N)C(C)C. The summed E-state index contributed by atoms with van der Waals surface area (Å²) in [5.74, 6) is -0.575. The number of ether oxygens (including phenoxy) is 1. The molecular formula is C19H37N3O4. The lowest BCUT2D eigenvalue weighted by atomic mass is 9.90. The Labute approximate surface area is 158 Å². The highest BCUT2D eigenvalue weighted by Gasteiger charge is 2.37. The summed E-state index contributed by atoms with van der Waals surface area (Å²) < 4.78 is 5.49. The van der Waals surface area contributed by atoms with Gasteiger partial charge in [0.2, 0.25) is 11.8 Å². The van der Waals surface area contributed by atoms with Crippen molar-refractivity contribution in [3.63, 3.8) is 0 Å². The van der Waals surface area contributed by atoms with Crippen LogP contribution in [0.3, 0.4) is 0 Å². The molecule has 0 aromatic heterocycles. The lowest BCUT2D eigenvalue weighted by Crippen LogP contribution is -2.60. The Hall–Kier alpha value is -1.47. The second-order valence-electron chi connectivity index (χ2n) is 7.92. The van der Waals surface area contributed by atoms with Gasteiger partial charge in [-0.2, -0.15) is 0 Å². The van der Waals surface area contributed by atoms with E-state index < -0.39 is 17.7 Å². The van der Waals surface area contributed by atoms with Crippen molar-refractivity contribution < 1.29 is 19.1 Å². The molecule has 0 fully saturated rings. The highest BCUT2D eigenvalue weighted by atomic mass is 16.5. The van der Waals surface area contributed by atoms with Gasteiger partial charge in [-0.25, -0.2) is 0 Å². The number of amides is 2. The number of nitrogens with one attached hydrogen (secondary N) is 1. The summed E-state index contributed by atoms with van der Waals surface area (Å²) in [4.78, 5) is 38.1. The Balaban J connectivity index is 5.62. The Morgan fingerprint density at radius 1 is 1.27 bits per heavy atom. The molecule has 0 saturated heterocycles. The van der Waals surface area contributed by atoms with Crippen LogP contribution in [0.15, 0.2) is 0 Å². The number of nitrogens with zero attached hydrogens (tertiary/aromatic N) is 1. The smallest absolute Gasteiger partial charge is 0.245 e. The predicted molar refractivity (Wildman–Crippen MR) is 103 cm³/mol. The summed E-state index contributed by atoms with van der Waals surface area (Å²) in [5.41, 5.74) is 4.77. The van der Waals surface area contributed by atoms with Gasteiger partial charge in [-0.15, -0.1) is 0 Å². The Morgan fingerprint density at radius 3 is 2.15 bits per heavy atom. The standard InChI is InChI=1S/C19H37N3O4/c1-9-13(4)16(14(26-8)10-11-23)22(7)17(24)15(12(2)3)21-18(25)19(5,6)20/h11-16H,9-10,20H2,1-8H3,(H,21,25). The number of hydrogen-bond acceptors (Lipinski definition) is 5. The van der Waals surface area contributed by atoms with Gasteiger partial charge in [0.25, 0.3) is 0 Å². The summed E-state index contributed by atoms with van der Waals surface area (Å²) in [6.45, 7) is 11.0. The minimum absolute atomic E-state index is 0.110. The number of methoxy groups -OCH3 is 1. The normalized spacial score (nSPS) is 16.5. The van der Waals surface area contributed by atoms with Gasteiger partial charge in [0.1, 0.15) is 12.3 Å².